The number of benzene rings is 1. The summed E-state index contributed by atoms with van der Waals surface area (Å²) in [6.45, 7) is 3.17. The number of para-hydroxylation sites is 1. The molecule has 0 saturated heterocycles. The monoisotopic (exact) mass is 394 g/mol. The second kappa shape index (κ2) is 10.6. The van der Waals surface area contributed by atoms with Gasteiger partial charge in [0, 0.05) is 18.8 Å². The number of methoxy groups -OCH3 is 1. The summed E-state index contributed by atoms with van der Waals surface area (Å²) >= 11 is 0. The third-order valence-corrected chi connectivity index (χ3v) is 5.07. The van der Waals surface area contributed by atoms with Gasteiger partial charge in [-0.05, 0) is 63.1 Å². The second-order valence-corrected chi connectivity index (χ2v) is 7.32. The number of carbonyl (C=O) groups is 1. The Morgan fingerprint density at radius 1 is 1.14 bits per heavy atom. The predicted molar refractivity (Wildman–Crippen MR) is 115 cm³/mol. The van der Waals surface area contributed by atoms with Crippen molar-refractivity contribution in [1.29, 1.82) is 0 Å². The molecule has 0 saturated carbocycles. The molecule has 0 radical (unpaired) electrons. The first-order valence-corrected chi connectivity index (χ1v) is 10.3. The fourth-order valence-electron chi connectivity index (χ4n) is 3.54. The number of anilines is 1. The van der Waals surface area contributed by atoms with Crippen molar-refractivity contribution in [3.8, 4) is 5.75 Å². The number of aryl methyl sites for hydroxylation is 1. The molecule has 0 unspecified atom stereocenters. The highest BCUT2D eigenvalue weighted by atomic mass is 16.5. The van der Waals surface area contributed by atoms with Crippen LogP contribution in [-0.2, 0) is 6.42 Å². The third kappa shape index (κ3) is 6.31. The van der Waals surface area contributed by atoms with Gasteiger partial charge in [0.15, 0.2) is 0 Å². The predicted octanol–water partition coefficient (Wildman–Crippen LogP) is 4.07. The smallest absolute Gasteiger partial charge is 0.270 e. The summed E-state index contributed by atoms with van der Waals surface area (Å²) in [6, 6.07) is 9.54. The van der Waals surface area contributed by atoms with Gasteiger partial charge in [-0.15, -0.1) is 0 Å². The van der Waals surface area contributed by atoms with Crippen molar-refractivity contribution in [1.82, 2.24) is 15.3 Å². The molecule has 1 amide bonds. The molecule has 1 aromatic carbocycles. The molecular weight excluding hydrogens is 364 g/mol. The van der Waals surface area contributed by atoms with Gasteiger partial charge in [0.05, 0.1) is 7.11 Å². The number of amides is 1. The lowest BCUT2D eigenvalue weighted by Gasteiger charge is -2.13. The second-order valence-electron chi connectivity index (χ2n) is 7.32. The van der Waals surface area contributed by atoms with E-state index in [1.165, 1.54) is 31.3 Å². The summed E-state index contributed by atoms with van der Waals surface area (Å²) in [5.74, 6) is 1.15. The van der Waals surface area contributed by atoms with Gasteiger partial charge in [-0.3, -0.25) is 4.79 Å². The van der Waals surface area contributed by atoms with E-state index in [0.29, 0.717) is 24.6 Å². The summed E-state index contributed by atoms with van der Waals surface area (Å²) in [5, 5.41) is 6.20. The molecule has 3 rings (SSSR count). The maximum Gasteiger partial charge on any atom is 0.270 e. The van der Waals surface area contributed by atoms with Gasteiger partial charge in [-0.1, -0.05) is 29.8 Å². The third-order valence-electron chi connectivity index (χ3n) is 5.07. The lowest BCUT2D eigenvalue weighted by molar-refractivity contribution is 0.0949. The van der Waals surface area contributed by atoms with Crippen molar-refractivity contribution in [3.63, 3.8) is 0 Å². The fourth-order valence-corrected chi connectivity index (χ4v) is 3.54. The van der Waals surface area contributed by atoms with Crippen LogP contribution in [0.3, 0.4) is 0 Å². The van der Waals surface area contributed by atoms with E-state index >= 15 is 0 Å². The molecule has 0 fully saturated rings. The molecule has 0 atom stereocenters. The fraction of sp³-hybridized carbons (Fsp3) is 0.435. The number of allylic oxidation sites excluding steroid dienone is 1. The van der Waals surface area contributed by atoms with Gasteiger partial charge in [0.25, 0.3) is 5.91 Å². The first-order valence-electron chi connectivity index (χ1n) is 10.3. The molecule has 1 aliphatic rings. The van der Waals surface area contributed by atoms with Crippen LogP contribution in [0.1, 0.15) is 53.8 Å². The lowest BCUT2D eigenvalue weighted by Crippen LogP contribution is -2.27. The normalized spacial score (nSPS) is 13.5. The van der Waals surface area contributed by atoms with Gasteiger partial charge in [-0.25, -0.2) is 9.97 Å². The van der Waals surface area contributed by atoms with Crippen molar-refractivity contribution in [2.24, 2.45) is 0 Å². The van der Waals surface area contributed by atoms with Crippen LogP contribution in [0.15, 0.2) is 42.0 Å². The Balaban J connectivity index is 1.52. The van der Waals surface area contributed by atoms with Crippen LogP contribution < -0.4 is 15.4 Å². The molecule has 0 bridgehead atoms. The largest absolute Gasteiger partial charge is 0.496 e. The van der Waals surface area contributed by atoms with Crippen molar-refractivity contribution in [2.45, 2.75) is 45.4 Å². The number of aromatic nitrogens is 2. The number of hydrogen-bond donors (Lipinski definition) is 2. The Kier molecular flexibility index (Phi) is 7.61. The van der Waals surface area contributed by atoms with Crippen LogP contribution in [0.4, 0.5) is 5.95 Å². The van der Waals surface area contributed by atoms with E-state index in [9.17, 15) is 4.79 Å². The van der Waals surface area contributed by atoms with Gasteiger partial charge in [0.1, 0.15) is 11.4 Å². The van der Waals surface area contributed by atoms with E-state index in [1.54, 1.807) is 13.2 Å². The Bertz CT molecular complexity index is 864. The van der Waals surface area contributed by atoms with E-state index in [4.69, 9.17) is 4.74 Å². The molecule has 1 heterocycles. The number of nitrogens with one attached hydrogen (secondary N) is 2. The number of rotatable bonds is 9. The lowest BCUT2D eigenvalue weighted by atomic mass is 9.97. The molecule has 2 aromatic rings. The number of carbonyl (C=O) groups excluding carboxylic acids is 1. The van der Waals surface area contributed by atoms with Crippen LogP contribution in [0.2, 0.25) is 0 Å². The highest BCUT2D eigenvalue weighted by Gasteiger charge is 2.11. The summed E-state index contributed by atoms with van der Waals surface area (Å²) in [4.78, 5) is 21.4. The minimum atomic E-state index is -0.191. The number of hydrogen-bond acceptors (Lipinski definition) is 5. The first-order chi connectivity index (χ1) is 14.2. The van der Waals surface area contributed by atoms with E-state index < -0.39 is 0 Å². The molecule has 0 spiro atoms. The van der Waals surface area contributed by atoms with Gasteiger partial charge >= 0.3 is 0 Å². The highest BCUT2D eigenvalue weighted by Crippen LogP contribution is 2.20. The minimum absolute atomic E-state index is 0.191. The zero-order valence-electron chi connectivity index (χ0n) is 17.3. The molecule has 0 aliphatic heterocycles. The summed E-state index contributed by atoms with van der Waals surface area (Å²) < 4.78 is 5.35. The quantitative estimate of drug-likeness (QED) is 0.627. The standard InChI is InChI=1S/C23H30N4O2/c1-17-16-20(22(28)24-15-13-19-10-6-7-11-21(19)29-2)27-23(26-17)25-14-12-18-8-4-3-5-9-18/h6-8,10-11,16H,3-5,9,12-15H2,1-2H3,(H,24,28)(H,25,26,27). The molecule has 6 heteroatoms. The van der Waals surface area contributed by atoms with Crippen LogP contribution in [0.25, 0.3) is 0 Å². The summed E-state index contributed by atoms with van der Waals surface area (Å²) in [6.07, 6.45) is 9.01. The molecule has 2 N–H and O–H groups in total. The van der Waals surface area contributed by atoms with Gasteiger partial charge in [-0.2, -0.15) is 0 Å². The summed E-state index contributed by atoms with van der Waals surface area (Å²) in [7, 11) is 1.65. The Labute approximate surface area is 172 Å². The van der Waals surface area contributed by atoms with Crippen molar-refractivity contribution < 1.29 is 9.53 Å². The molecule has 1 aromatic heterocycles. The number of nitrogens with zero attached hydrogens (tertiary/aromatic N) is 2. The zero-order valence-corrected chi connectivity index (χ0v) is 17.3. The molecular formula is C23H30N4O2. The highest BCUT2D eigenvalue weighted by molar-refractivity contribution is 5.92. The zero-order chi connectivity index (χ0) is 20.5. The van der Waals surface area contributed by atoms with Crippen LogP contribution in [0.5, 0.6) is 5.75 Å². The van der Waals surface area contributed by atoms with Gasteiger partial charge in [0.2, 0.25) is 5.95 Å². The van der Waals surface area contributed by atoms with E-state index in [2.05, 4.69) is 26.7 Å². The van der Waals surface area contributed by atoms with Crippen molar-refractivity contribution >= 4 is 11.9 Å². The van der Waals surface area contributed by atoms with Crippen LogP contribution >= 0.6 is 0 Å². The average molecular weight is 395 g/mol. The molecule has 29 heavy (non-hydrogen) atoms. The molecule has 1 aliphatic carbocycles. The number of ether oxygens (including phenoxy) is 1. The maximum atomic E-state index is 12.5. The van der Waals surface area contributed by atoms with Crippen LogP contribution in [0, 0.1) is 6.92 Å². The van der Waals surface area contributed by atoms with Crippen molar-refractivity contribution in [2.75, 3.05) is 25.5 Å². The summed E-state index contributed by atoms with van der Waals surface area (Å²) in [5.41, 5.74) is 3.73. The first kappa shape index (κ1) is 20.8. The van der Waals surface area contributed by atoms with E-state index in [1.807, 2.05) is 31.2 Å². The average Bonchev–Trinajstić information content (AvgIpc) is 2.74. The van der Waals surface area contributed by atoms with E-state index in [0.717, 1.165) is 30.0 Å². The van der Waals surface area contributed by atoms with E-state index in [-0.39, 0.29) is 5.91 Å². The Morgan fingerprint density at radius 2 is 2.00 bits per heavy atom. The molecule has 154 valence electrons. The minimum Gasteiger partial charge on any atom is -0.496 e. The maximum absolute atomic E-state index is 12.5. The van der Waals surface area contributed by atoms with Crippen LogP contribution in [-0.4, -0.2) is 36.1 Å². The van der Waals surface area contributed by atoms with Gasteiger partial charge < -0.3 is 15.4 Å². The molecule has 6 nitrogen and oxygen atoms in total. The van der Waals surface area contributed by atoms with Crippen molar-refractivity contribution in [3.05, 3.63) is 58.9 Å². The Morgan fingerprint density at radius 3 is 2.79 bits per heavy atom. The SMILES string of the molecule is COc1ccccc1CCNC(=O)c1cc(C)nc(NCCC2=CCCCC2)n1. The Hall–Kier alpha value is -2.89. The topological polar surface area (TPSA) is 76.1 Å².